The predicted molar refractivity (Wildman–Crippen MR) is 77.5 cm³/mol. The Bertz CT molecular complexity index is 758. The molecule has 0 aromatic heterocycles. The smallest absolute Gasteiger partial charge is 0.264 e. The van der Waals surface area contributed by atoms with Crippen LogP contribution in [0.25, 0.3) is 0 Å². The van der Waals surface area contributed by atoms with Crippen LogP contribution in [-0.4, -0.2) is 8.42 Å². The second-order valence-corrected chi connectivity index (χ2v) is 6.26. The van der Waals surface area contributed by atoms with E-state index in [4.69, 9.17) is 5.73 Å². The third-order valence-corrected chi connectivity index (χ3v) is 4.29. The average Bonchev–Trinajstić information content (AvgIpc) is 2.36. The van der Waals surface area contributed by atoms with E-state index in [1.807, 2.05) is 0 Å². The van der Waals surface area contributed by atoms with Gasteiger partial charge in [-0.3, -0.25) is 4.72 Å². The molecule has 106 valence electrons. The maximum atomic E-state index is 13.7. The van der Waals surface area contributed by atoms with Crippen LogP contribution in [0.15, 0.2) is 41.3 Å². The average molecular weight is 294 g/mol. The zero-order chi connectivity index (χ0) is 14.9. The molecule has 0 radical (unpaired) electrons. The minimum atomic E-state index is -3.96. The highest BCUT2D eigenvalue weighted by Crippen LogP contribution is 2.22. The summed E-state index contributed by atoms with van der Waals surface area (Å²) in [6.45, 7) is 3.46. The van der Waals surface area contributed by atoms with E-state index in [0.29, 0.717) is 16.9 Å². The number of nitrogens with one attached hydrogen (secondary N) is 1. The fourth-order valence-electron chi connectivity index (χ4n) is 1.77. The first-order valence-electron chi connectivity index (χ1n) is 5.95. The summed E-state index contributed by atoms with van der Waals surface area (Å²) in [5.41, 5.74) is 7.99. The number of anilines is 2. The van der Waals surface area contributed by atoms with E-state index in [9.17, 15) is 12.8 Å². The van der Waals surface area contributed by atoms with Gasteiger partial charge in [-0.05, 0) is 55.3 Å². The molecule has 0 spiro atoms. The molecule has 4 nitrogen and oxygen atoms in total. The lowest BCUT2D eigenvalue weighted by atomic mass is 10.2. The van der Waals surface area contributed by atoms with Gasteiger partial charge in [-0.25, -0.2) is 12.8 Å². The normalized spacial score (nSPS) is 11.3. The SMILES string of the molecule is Cc1ccc(F)c(S(=O)(=O)Nc2ccc(N)c(C)c2)c1. The molecule has 20 heavy (non-hydrogen) atoms. The molecule has 2 aromatic rings. The van der Waals surface area contributed by atoms with E-state index in [2.05, 4.69) is 4.72 Å². The number of hydrogen-bond donors (Lipinski definition) is 2. The Labute approximate surface area is 117 Å². The third-order valence-electron chi connectivity index (χ3n) is 2.90. The lowest BCUT2D eigenvalue weighted by molar-refractivity contribution is 0.570. The van der Waals surface area contributed by atoms with Crippen LogP contribution in [0.4, 0.5) is 15.8 Å². The Morgan fingerprint density at radius 2 is 1.80 bits per heavy atom. The summed E-state index contributed by atoms with van der Waals surface area (Å²) in [4.78, 5) is -0.369. The van der Waals surface area contributed by atoms with Crippen molar-refractivity contribution in [3.05, 3.63) is 53.3 Å². The minimum Gasteiger partial charge on any atom is -0.399 e. The van der Waals surface area contributed by atoms with Crippen molar-refractivity contribution in [1.29, 1.82) is 0 Å². The Morgan fingerprint density at radius 1 is 1.10 bits per heavy atom. The van der Waals surface area contributed by atoms with Crippen LogP contribution < -0.4 is 10.5 Å². The molecule has 0 saturated carbocycles. The van der Waals surface area contributed by atoms with Crippen molar-refractivity contribution in [1.82, 2.24) is 0 Å². The molecule has 0 aliphatic carbocycles. The fourth-order valence-corrected chi connectivity index (χ4v) is 2.98. The number of halogens is 1. The molecule has 6 heteroatoms. The number of nitrogen functional groups attached to an aromatic ring is 1. The lowest BCUT2D eigenvalue weighted by Crippen LogP contribution is -2.15. The van der Waals surface area contributed by atoms with Gasteiger partial charge in [0, 0.05) is 11.4 Å². The van der Waals surface area contributed by atoms with Crippen molar-refractivity contribution in [2.45, 2.75) is 18.7 Å². The van der Waals surface area contributed by atoms with Gasteiger partial charge >= 0.3 is 0 Å². The van der Waals surface area contributed by atoms with Crippen LogP contribution >= 0.6 is 0 Å². The number of benzene rings is 2. The summed E-state index contributed by atoms with van der Waals surface area (Å²) in [6, 6.07) is 8.68. The molecular formula is C14H15FN2O2S. The first kappa shape index (κ1) is 14.3. The highest BCUT2D eigenvalue weighted by atomic mass is 32.2. The zero-order valence-corrected chi connectivity index (χ0v) is 12.0. The zero-order valence-electron chi connectivity index (χ0n) is 11.1. The van der Waals surface area contributed by atoms with Crippen LogP contribution in [0, 0.1) is 19.7 Å². The molecule has 0 heterocycles. The molecule has 0 bridgehead atoms. The van der Waals surface area contributed by atoms with E-state index in [1.165, 1.54) is 18.2 Å². The molecule has 0 aliphatic heterocycles. The summed E-state index contributed by atoms with van der Waals surface area (Å²) < 4.78 is 40.4. The highest BCUT2D eigenvalue weighted by molar-refractivity contribution is 7.92. The third kappa shape index (κ3) is 2.91. The molecule has 0 saturated heterocycles. The van der Waals surface area contributed by atoms with Gasteiger partial charge in [-0.2, -0.15) is 0 Å². The van der Waals surface area contributed by atoms with Crippen LogP contribution in [0.5, 0.6) is 0 Å². The molecule has 0 amide bonds. The summed E-state index contributed by atoms with van der Waals surface area (Å²) in [5, 5.41) is 0. The summed E-state index contributed by atoms with van der Waals surface area (Å²) in [5.74, 6) is -0.782. The fraction of sp³-hybridized carbons (Fsp3) is 0.143. The second-order valence-electron chi connectivity index (χ2n) is 4.61. The van der Waals surface area contributed by atoms with Gasteiger partial charge in [-0.1, -0.05) is 6.07 Å². The minimum absolute atomic E-state index is 0.345. The van der Waals surface area contributed by atoms with E-state index < -0.39 is 15.8 Å². The van der Waals surface area contributed by atoms with Gasteiger partial charge < -0.3 is 5.73 Å². The van der Waals surface area contributed by atoms with E-state index in [0.717, 1.165) is 11.6 Å². The van der Waals surface area contributed by atoms with Crippen LogP contribution in [0.1, 0.15) is 11.1 Å². The highest BCUT2D eigenvalue weighted by Gasteiger charge is 2.19. The number of rotatable bonds is 3. The van der Waals surface area contributed by atoms with Gasteiger partial charge in [0.15, 0.2) is 0 Å². The largest absolute Gasteiger partial charge is 0.399 e. The van der Waals surface area contributed by atoms with Crippen LogP contribution in [-0.2, 0) is 10.0 Å². The molecular weight excluding hydrogens is 279 g/mol. The Kier molecular flexibility index (Phi) is 3.67. The topological polar surface area (TPSA) is 72.2 Å². The molecule has 0 unspecified atom stereocenters. The standard InChI is InChI=1S/C14H15FN2O2S/c1-9-3-5-12(15)14(7-9)20(18,19)17-11-4-6-13(16)10(2)8-11/h3-8,17H,16H2,1-2H3. The Morgan fingerprint density at radius 3 is 2.45 bits per heavy atom. The van der Waals surface area contributed by atoms with Crippen molar-refractivity contribution in [3.8, 4) is 0 Å². The summed E-state index contributed by atoms with van der Waals surface area (Å²) in [7, 11) is -3.96. The van der Waals surface area contributed by atoms with E-state index in [-0.39, 0.29) is 4.90 Å². The summed E-state index contributed by atoms with van der Waals surface area (Å²) >= 11 is 0. The number of hydrogen-bond acceptors (Lipinski definition) is 3. The second kappa shape index (κ2) is 5.13. The number of aryl methyl sites for hydroxylation is 2. The van der Waals surface area contributed by atoms with Crippen molar-refractivity contribution in [2.24, 2.45) is 0 Å². The molecule has 2 rings (SSSR count). The summed E-state index contributed by atoms with van der Waals surface area (Å²) in [6.07, 6.45) is 0. The molecule has 0 atom stereocenters. The molecule has 0 aliphatic rings. The predicted octanol–water partition coefficient (Wildman–Crippen LogP) is 2.83. The lowest BCUT2D eigenvalue weighted by Gasteiger charge is -2.11. The van der Waals surface area contributed by atoms with Gasteiger partial charge in [0.25, 0.3) is 10.0 Å². The Balaban J connectivity index is 2.40. The number of sulfonamides is 1. The molecule has 2 aromatic carbocycles. The van der Waals surface area contributed by atoms with Gasteiger partial charge in [0.05, 0.1) is 0 Å². The van der Waals surface area contributed by atoms with Gasteiger partial charge in [0.1, 0.15) is 10.7 Å². The number of nitrogens with two attached hydrogens (primary N) is 1. The van der Waals surface area contributed by atoms with Crippen LogP contribution in [0.3, 0.4) is 0 Å². The van der Waals surface area contributed by atoms with Crippen molar-refractivity contribution in [3.63, 3.8) is 0 Å². The van der Waals surface area contributed by atoms with E-state index in [1.54, 1.807) is 26.0 Å². The molecule has 0 fully saturated rings. The van der Waals surface area contributed by atoms with Crippen LogP contribution in [0.2, 0.25) is 0 Å². The van der Waals surface area contributed by atoms with Crippen molar-refractivity contribution < 1.29 is 12.8 Å². The Hall–Kier alpha value is -2.08. The van der Waals surface area contributed by atoms with Crippen molar-refractivity contribution in [2.75, 3.05) is 10.5 Å². The monoisotopic (exact) mass is 294 g/mol. The first-order chi connectivity index (χ1) is 9.29. The molecule has 3 N–H and O–H groups in total. The quantitative estimate of drug-likeness (QED) is 0.855. The van der Waals surface area contributed by atoms with Gasteiger partial charge in [0.2, 0.25) is 0 Å². The van der Waals surface area contributed by atoms with Crippen molar-refractivity contribution >= 4 is 21.4 Å². The maximum absolute atomic E-state index is 13.7. The maximum Gasteiger partial charge on any atom is 0.264 e. The van der Waals surface area contributed by atoms with E-state index >= 15 is 0 Å². The van der Waals surface area contributed by atoms with Gasteiger partial charge in [-0.15, -0.1) is 0 Å². The first-order valence-corrected chi connectivity index (χ1v) is 7.43.